The summed E-state index contributed by atoms with van der Waals surface area (Å²) in [5, 5.41) is 12.2. The van der Waals surface area contributed by atoms with Crippen LogP contribution >= 0.6 is 0 Å². The Bertz CT molecular complexity index is 1510. The molecule has 1 atom stereocenters. The number of anilines is 1. The minimum absolute atomic E-state index is 0.0522. The first-order chi connectivity index (χ1) is 18.9. The molecule has 2 aromatic carbocycles. The molecule has 202 valence electrons. The molecule has 0 aliphatic heterocycles. The standard InChI is InChI=1S/C28H25F2N3O6/c1-15(14-34)37-26-11-18-22(12-25(26)36-2)32-8-6-23(18)39-27-20(29)9-16(10-21(27)30)33-28(35)19-13-31-7-5-24(19)38-17-3-4-17/h5-13,15,17,34H,3-4,14H2,1-2H3,(H,33,35)/t15-/m0/s1. The second kappa shape index (κ2) is 11.1. The number of fused-ring (bicyclic) bond motifs is 1. The van der Waals surface area contributed by atoms with E-state index in [-0.39, 0.29) is 29.7 Å². The summed E-state index contributed by atoms with van der Waals surface area (Å²) in [5.74, 6) is -2.23. The number of carbonyl (C=O) groups is 1. The lowest BCUT2D eigenvalue weighted by Gasteiger charge is -2.17. The first-order valence-corrected chi connectivity index (χ1v) is 12.2. The van der Waals surface area contributed by atoms with Crippen LogP contribution in [0, 0.1) is 11.6 Å². The molecule has 1 aliphatic rings. The van der Waals surface area contributed by atoms with Gasteiger partial charge in [-0.25, -0.2) is 8.78 Å². The summed E-state index contributed by atoms with van der Waals surface area (Å²) < 4.78 is 52.6. The Kier molecular flexibility index (Phi) is 7.42. The van der Waals surface area contributed by atoms with Gasteiger partial charge in [-0.05, 0) is 38.0 Å². The number of rotatable bonds is 10. The second-order valence-corrected chi connectivity index (χ2v) is 8.95. The Morgan fingerprint density at radius 1 is 1.08 bits per heavy atom. The van der Waals surface area contributed by atoms with Crippen molar-refractivity contribution in [2.45, 2.75) is 32.0 Å². The van der Waals surface area contributed by atoms with E-state index < -0.39 is 29.4 Å². The highest BCUT2D eigenvalue weighted by Gasteiger charge is 2.26. The van der Waals surface area contributed by atoms with Gasteiger partial charge in [0.25, 0.3) is 5.91 Å². The van der Waals surface area contributed by atoms with Gasteiger partial charge in [-0.1, -0.05) is 0 Å². The zero-order valence-corrected chi connectivity index (χ0v) is 21.1. The van der Waals surface area contributed by atoms with Crippen LogP contribution in [-0.4, -0.2) is 46.9 Å². The fourth-order valence-corrected chi connectivity index (χ4v) is 3.78. The number of nitrogens with zero attached hydrogens (tertiary/aromatic N) is 2. The Balaban J connectivity index is 1.41. The number of amides is 1. The first-order valence-electron chi connectivity index (χ1n) is 12.2. The molecule has 2 heterocycles. The molecule has 4 aromatic rings. The van der Waals surface area contributed by atoms with E-state index in [1.807, 2.05) is 0 Å². The molecule has 5 rings (SSSR count). The normalized spacial score (nSPS) is 13.6. The van der Waals surface area contributed by atoms with Crippen LogP contribution in [0.5, 0.6) is 28.7 Å². The second-order valence-electron chi connectivity index (χ2n) is 8.95. The zero-order valence-electron chi connectivity index (χ0n) is 21.1. The third-order valence-electron chi connectivity index (χ3n) is 5.88. The van der Waals surface area contributed by atoms with Gasteiger partial charge in [-0.3, -0.25) is 14.8 Å². The lowest BCUT2D eigenvalue weighted by atomic mass is 10.1. The number of aliphatic hydroxyl groups is 1. The molecule has 39 heavy (non-hydrogen) atoms. The van der Waals surface area contributed by atoms with Crippen LogP contribution in [0.3, 0.4) is 0 Å². The minimum Gasteiger partial charge on any atom is -0.493 e. The third-order valence-corrected chi connectivity index (χ3v) is 5.88. The summed E-state index contributed by atoms with van der Waals surface area (Å²) in [6.07, 6.45) is 5.58. The van der Waals surface area contributed by atoms with Gasteiger partial charge in [0.05, 0.1) is 30.9 Å². The van der Waals surface area contributed by atoms with E-state index in [0.717, 1.165) is 25.0 Å². The van der Waals surface area contributed by atoms with Crippen LogP contribution in [0.15, 0.2) is 55.0 Å². The van der Waals surface area contributed by atoms with Crippen molar-refractivity contribution in [3.05, 3.63) is 72.2 Å². The number of aliphatic hydroxyl groups excluding tert-OH is 1. The van der Waals surface area contributed by atoms with Crippen molar-refractivity contribution in [1.29, 1.82) is 0 Å². The molecule has 11 heteroatoms. The average molecular weight is 538 g/mol. The van der Waals surface area contributed by atoms with E-state index in [2.05, 4.69) is 15.3 Å². The summed E-state index contributed by atoms with van der Waals surface area (Å²) in [4.78, 5) is 21.0. The molecule has 9 nitrogen and oxygen atoms in total. The summed E-state index contributed by atoms with van der Waals surface area (Å²) in [6.45, 7) is 1.44. The Hall–Kier alpha value is -4.51. The van der Waals surface area contributed by atoms with Crippen molar-refractivity contribution >= 4 is 22.5 Å². The van der Waals surface area contributed by atoms with E-state index in [4.69, 9.17) is 18.9 Å². The number of ether oxygens (including phenoxy) is 4. The maximum Gasteiger partial charge on any atom is 0.261 e. The van der Waals surface area contributed by atoms with Crippen molar-refractivity contribution in [2.75, 3.05) is 19.0 Å². The van der Waals surface area contributed by atoms with E-state index in [1.165, 1.54) is 31.8 Å². The van der Waals surface area contributed by atoms with Crippen LogP contribution < -0.4 is 24.3 Å². The maximum absolute atomic E-state index is 15.1. The maximum atomic E-state index is 15.1. The summed E-state index contributed by atoms with van der Waals surface area (Å²) in [5.41, 5.74) is 0.470. The molecule has 0 unspecified atom stereocenters. The molecule has 1 saturated carbocycles. The van der Waals surface area contributed by atoms with Crippen LogP contribution in [-0.2, 0) is 0 Å². The summed E-state index contributed by atoms with van der Waals surface area (Å²) in [6, 6.07) is 8.08. The molecular formula is C28H25F2N3O6. The van der Waals surface area contributed by atoms with Gasteiger partial charge in [0, 0.05) is 47.9 Å². The SMILES string of the molecule is COc1cc2nccc(Oc3c(F)cc(NC(=O)c4cnccc4OC4CC4)cc3F)c2cc1O[C@@H](C)CO. The molecule has 1 fully saturated rings. The molecule has 0 bridgehead atoms. The van der Waals surface area contributed by atoms with E-state index in [1.54, 1.807) is 25.1 Å². The zero-order chi connectivity index (χ0) is 27.5. The average Bonchev–Trinajstić information content (AvgIpc) is 3.74. The Morgan fingerprint density at radius 2 is 1.82 bits per heavy atom. The molecular weight excluding hydrogens is 512 g/mol. The van der Waals surface area contributed by atoms with Crippen molar-refractivity contribution in [1.82, 2.24) is 9.97 Å². The van der Waals surface area contributed by atoms with Gasteiger partial charge in [0.15, 0.2) is 28.9 Å². The molecule has 0 saturated heterocycles. The Labute approximate surface area is 222 Å². The highest BCUT2D eigenvalue weighted by molar-refractivity contribution is 6.06. The van der Waals surface area contributed by atoms with Gasteiger partial charge < -0.3 is 29.4 Å². The van der Waals surface area contributed by atoms with Crippen LogP contribution in [0.4, 0.5) is 14.5 Å². The largest absolute Gasteiger partial charge is 0.493 e. The van der Waals surface area contributed by atoms with Crippen LogP contribution in [0.25, 0.3) is 10.9 Å². The predicted molar refractivity (Wildman–Crippen MR) is 138 cm³/mol. The number of pyridine rings is 2. The monoisotopic (exact) mass is 537 g/mol. The molecule has 0 radical (unpaired) electrons. The highest BCUT2D eigenvalue weighted by atomic mass is 19.1. The number of halogens is 2. The van der Waals surface area contributed by atoms with Crippen LogP contribution in [0.2, 0.25) is 0 Å². The van der Waals surface area contributed by atoms with Crippen molar-refractivity contribution in [3.63, 3.8) is 0 Å². The number of hydrogen-bond donors (Lipinski definition) is 2. The topological polar surface area (TPSA) is 112 Å². The molecule has 2 N–H and O–H groups in total. The van der Waals surface area contributed by atoms with Gasteiger partial charge in [-0.2, -0.15) is 0 Å². The highest BCUT2D eigenvalue weighted by Crippen LogP contribution is 2.39. The fraction of sp³-hybridized carbons (Fsp3) is 0.250. The molecule has 2 aromatic heterocycles. The number of hydrogen-bond acceptors (Lipinski definition) is 8. The lowest BCUT2D eigenvalue weighted by Crippen LogP contribution is -2.16. The minimum atomic E-state index is -1.03. The van der Waals surface area contributed by atoms with E-state index in [0.29, 0.717) is 28.2 Å². The molecule has 1 aliphatic carbocycles. The Morgan fingerprint density at radius 3 is 2.51 bits per heavy atom. The molecule has 1 amide bonds. The number of carbonyl (C=O) groups excluding carboxylic acids is 1. The first kappa shape index (κ1) is 26.1. The number of methoxy groups -OCH3 is 1. The van der Waals surface area contributed by atoms with Crippen molar-refractivity contribution < 1.29 is 37.6 Å². The van der Waals surface area contributed by atoms with E-state index >= 15 is 8.78 Å². The quantitative estimate of drug-likeness (QED) is 0.282. The molecule has 0 spiro atoms. The number of benzene rings is 2. The summed E-state index contributed by atoms with van der Waals surface area (Å²) in [7, 11) is 1.46. The van der Waals surface area contributed by atoms with Crippen molar-refractivity contribution in [3.8, 4) is 28.7 Å². The summed E-state index contributed by atoms with van der Waals surface area (Å²) >= 11 is 0. The predicted octanol–water partition coefficient (Wildman–Crippen LogP) is 5.26. The van der Waals surface area contributed by atoms with Gasteiger partial charge in [-0.15, -0.1) is 0 Å². The number of nitrogens with one attached hydrogen (secondary N) is 1. The van der Waals surface area contributed by atoms with Crippen molar-refractivity contribution in [2.24, 2.45) is 0 Å². The van der Waals surface area contributed by atoms with Gasteiger partial charge >= 0.3 is 0 Å². The van der Waals surface area contributed by atoms with Gasteiger partial charge in [0.1, 0.15) is 17.6 Å². The fourth-order valence-electron chi connectivity index (χ4n) is 3.78. The van der Waals surface area contributed by atoms with Crippen LogP contribution in [0.1, 0.15) is 30.1 Å². The smallest absolute Gasteiger partial charge is 0.261 e. The van der Waals surface area contributed by atoms with Gasteiger partial charge in [0.2, 0.25) is 0 Å². The van der Waals surface area contributed by atoms with E-state index in [9.17, 15) is 9.90 Å². The third kappa shape index (κ3) is 5.83. The number of aromatic nitrogens is 2. The lowest BCUT2D eigenvalue weighted by molar-refractivity contribution is 0.102.